The average molecular weight is 280 g/mol. The maximum atomic E-state index is 10.7. The van der Waals surface area contributed by atoms with Crippen LogP contribution in [0.4, 0.5) is 0 Å². The maximum Gasteiger partial charge on any atom is 0.255 e. The van der Waals surface area contributed by atoms with E-state index in [-0.39, 0.29) is 6.61 Å². The molecule has 5 heteroatoms. The van der Waals surface area contributed by atoms with E-state index in [4.69, 9.17) is 15.2 Å². The molecule has 5 nitrogen and oxygen atoms in total. The van der Waals surface area contributed by atoms with Crippen LogP contribution >= 0.6 is 0 Å². The van der Waals surface area contributed by atoms with E-state index >= 15 is 0 Å². The number of unbranched alkanes of at least 4 members (excludes halogenated alkanes) is 2. The van der Waals surface area contributed by atoms with E-state index < -0.39 is 5.91 Å². The lowest BCUT2D eigenvalue weighted by atomic mass is 10.2. The quantitative estimate of drug-likeness (QED) is 0.641. The van der Waals surface area contributed by atoms with Crippen LogP contribution in [0.2, 0.25) is 0 Å². The van der Waals surface area contributed by atoms with E-state index in [9.17, 15) is 4.79 Å². The molecule has 112 valence electrons. The number of nitrogens with two attached hydrogens (primary N) is 1. The Hall–Kier alpha value is -1.75. The molecule has 0 saturated carbocycles. The number of primary amides is 1. The van der Waals surface area contributed by atoms with Crippen molar-refractivity contribution in [3.63, 3.8) is 0 Å². The smallest absolute Gasteiger partial charge is 0.255 e. The Balaban J connectivity index is 2.51. The fourth-order valence-corrected chi connectivity index (χ4v) is 1.82. The Morgan fingerprint density at radius 3 is 2.75 bits per heavy atom. The fourth-order valence-electron chi connectivity index (χ4n) is 1.82. The Morgan fingerprint density at radius 1 is 1.30 bits per heavy atom. The molecule has 1 amide bonds. The molecular weight excluding hydrogens is 256 g/mol. The minimum atomic E-state index is -0.506. The molecule has 0 saturated heterocycles. The standard InChI is InChI=1S/C15H24N2O3/c1-3-4-5-8-17-10-12-6-7-13(14(9-12)19-2)20-11-15(16)18/h6-7,9,17H,3-5,8,10-11H2,1-2H3,(H2,16,18). The first-order valence-electron chi connectivity index (χ1n) is 6.96. The van der Waals surface area contributed by atoms with Gasteiger partial charge in [-0.2, -0.15) is 0 Å². The minimum absolute atomic E-state index is 0.148. The molecule has 0 aliphatic carbocycles. The van der Waals surface area contributed by atoms with Gasteiger partial charge in [0, 0.05) is 6.54 Å². The minimum Gasteiger partial charge on any atom is -0.493 e. The topological polar surface area (TPSA) is 73.6 Å². The first-order chi connectivity index (χ1) is 9.67. The molecule has 1 rings (SSSR count). The number of carbonyl (C=O) groups is 1. The number of nitrogens with one attached hydrogen (secondary N) is 1. The van der Waals surface area contributed by atoms with E-state index in [1.807, 2.05) is 12.1 Å². The number of hydrogen-bond acceptors (Lipinski definition) is 4. The summed E-state index contributed by atoms with van der Waals surface area (Å²) < 4.78 is 10.5. The monoisotopic (exact) mass is 280 g/mol. The Bertz CT molecular complexity index is 422. The third kappa shape index (κ3) is 5.93. The second-order valence-corrected chi connectivity index (χ2v) is 4.62. The summed E-state index contributed by atoms with van der Waals surface area (Å²) in [6, 6.07) is 5.65. The predicted molar refractivity (Wildman–Crippen MR) is 78.9 cm³/mol. The van der Waals surface area contributed by atoms with Crippen molar-refractivity contribution in [2.45, 2.75) is 32.7 Å². The van der Waals surface area contributed by atoms with Crippen LogP contribution in [0.1, 0.15) is 31.7 Å². The third-order valence-corrected chi connectivity index (χ3v) is 2.88. The van der Waals surface area contributed by atoms with Crippen LogP contribution in [0.25, 0.3) is 0 Å². The van der Waals surface area contributed by atoms with Gasteiger partial charge in [-0.1, -0.05) is 25.8 Å². The van der Waals surface area contributed by atoms with Crippen molar-refractivity contribution in [1.29, 1.82) is 0 Å². The SMILES string of the molecule is CCCCCNCc1ccc(OCC(N)=O)c(OC)c1. The van der Waals surface area contributed by atoms with Crippen LogP contribution < -0.4 is 20.5 Å². The van der Waals surface area contributed by atoms with Crippen LogP contribution in [-0.4, -0.2) is 26.2 Å². The second-order valence-electron chi connectivity index (χ2n) is 4.62. The zero-order valence-electron chi connectivity index (χ0n) is 12.3. The van der Waals surface area contributed by atoms with Crippen molar-refractivity contribution in [2.75, 3.05) is 20.3 Å². The number of rotatable bonds is 10. The van der Waals surface area contributed by atoms with Crippen molar-refractivity contribution in [1.82, 2.24) is 5.32 Å². The summed E-state index contributed by atoms with van der Waals surface area (Å²) in [7, 11) is 1.57. The zero-order chi connectivity index (χ0) is 14.8. The van der Waals surface area contributed by atoms with E-state index in [0.717, 1.165) is 18.7 Å². The molecule has 1 aromatic rings. The molecule has 20 heavy (non-hydrogen) atoms. The van der Waals surface area contributed by atoms with Gasteiger partial charge in [0.1, 0.15) is 0 Å². The first kappa shape index (κ1) is 16.3. The van der Waals surface area contributed by atoms with Crippen molar-refractivity contribution in [3.05, 3.63) is 23.8 Å². The molecule has 0 aliphatic heterocycles. The molecular formula is C15H24N2O3. The molecule has 0 spiro atoms. The van der Waals surface area contributed by atoms with Gasteiger partial charge in [-0.3, -0.25) is 4.79 Å². The number of ether oxygens (including phenoxy) is 2. The molecule has 0 heterocycles. The van der Waals surface area contributed by atoms with Gasteiger partial charge >= 0.3 is 0 Å². The van der Waals surface area contributed by atoms with Gasteiger partial charge in [-0.05, 0) is 30.7 Å². The van der Waals surface area contributed by atoms with Crippen LogP contribution in [-0.2, 0) is 11.3 Å². The lowest BCUT2D eigenvalue weighted by Gasteiger charge is -2.11. The Kier molecular flexibility index (Phi) is 7.50. The average Bonchev–Trinajstić information content (AvgIpc) is 2.45. The summed E-state index contributed by atoms with van der Waals surface area (Å²) in [5.74, 6) is 0.633. The van der Waals surface area contributed by atoms with E-state index in [2.05, 4.69) is 12.2 Å². The van der Waals surface area contributed by atoms with Crippen molar-refractivity contribution >= 4 is 5.91 Å². The summed E-state index contributed by atoms with van der Waals surface area (Å²) in [5, 5.41) is 3.39. The lowest BCUT2D eigenvalue weighted by molar-refractivity contribution is -0.119. The van der Waals surface area contributed by atoms with Crippen molar-refractivity contribution in [3.8, 4) is 11.5 Å². The maximum absolute atomic E-state index is 10.7. The lowest BCUT2D eigenvalue weighted by Crippen LogP contribution is -2.20. The van der Waals surface area contributed by atoms with Gasteiger partial charge in [-0.15, -0.1) is 0 Å². The molecule has 0 radical (unpaired) electrons. The normalized spacial score (nSPS) is 10.3. The predicted octanol–water partition coefficient (Wildman–Crippen LogP) is 1.84. The summed E-state index contributed by atoms with van der Waals surface area (Å²) in [4.78, 5) is 10.7. The highest BCUT2D eigenvalue weighted by atomic mass is 16.5. The molecule has 0 bridgehead atoms. The van der Waals surface area contributed by atoms with Gasteiger partial charge in [0.05, 0.1) is 7.11 Å². The Labute approximate surface area is 120 Å². The highest BCUT2D eigenvalue weighted by Gasteiger charge is 2.07. The fraction of sp³-hybridized carbons (Fsp3) is 0.533. The Morgan fingerprint density at radius 2 is 2.10 bits per heavy atom. The third-order valence-electron chi connectivity index (χ3n) is 2.88. The van der Waals surface area contributed by atoms with Crippen molar-refractivity contribution in [2.24, 2.45) is 5.73 Å². The van der Waals surface area contributed by atoms with Crippen molar-refractivity contribution < 1.29 is 14.3 Å². The number of hydrogen-bond donors (Lipinski definition) is 2. The molecule has 1 aromatic carbocycles. The number of amides is 1. The largest absolute Gasteiger partial charge is 0.493 e. The van der Waals surface area contributed by atoms with E-state index in [1.54, 1.807) is 13.2 Å². The summed E-state index contributed by atoms with van der Waals surface area (Å²) >= 11 is 0. The van der Waals surface area contributed by atoms with Crippen LogP contribution in [0.3, 0.4) is 0 Å². The van der Waals surface area contributed by atoms with Crippen LogP contribution in [0, 0.1) is 0 Å². The van der Waals surface area contributed by atoms with E-state index in [0.29, 0.717) is 11.5 Å². The van der Waals surface area contributed by atoms with E-state index in [1.165, 1.54) is 19.3 Å². The van der Waals surface area contributed by atoms with Gasteiger partial charge in [0.15, 0.2) is 18.1 Å². The highest BCUT2D eigenvalue weighted by molar-refractivity contribution is 5.75. The van der Waals surface area contributed by atoms with Gasteiger partial charge in [0.2, 0.25) is 0 Å². The number of benzene rings is 1. The van der Waals surface area contributed by atoms with Crippen LogP contribution in [0.5, 0.6) is 11.5 Å². The molecule has 0 unspecified atom stereocenters. The zero-order valence-corrected chi connectivity index (χ0v) is 12.3. The van der Waals surface area contributed by atoms with Gasteiger partial charge < -0.3 is 20.5 Å². The first-order valence-corrected chi connectivity index (χ1v) is 6.96. The van der Waals surface area contributed by atoms with Gasteiger partial charge in [-0.25, -0.2) is 0 Å². The molecule has 0 aromatic heterocycles. The van der Waals surface area contributed by atoms with Gasteiger partial charge in [0.25, 0.3) is 5.91 Å². The molecule has 3 N–H and O–H groups in total. The summed E-state index contributed by atoms with van der Waals surface area (Å²) in [5.41, 5.74) is 6.17. The number of carbonyl (C=O) groups excluding carboxylic acids is 1. The van der Waals surface area contributed by atoms with Crippen LogP contribution in [0.15, 0.2) is 18.2 Å². The number of methoxy groups -OCH3 is 1. The molecule has 0 aliphatic rings. The molecule has 0 fully saturated rings. The second kappa shape index (κ2) is 9.20. The summed E-state index contributed by atoms with van der Waals surface area (Å²) in [6.07, 6.45) is 3.66. The summed E-state index contributed by atoms with van der Waals surface area (Å²) in [6.45, 7) is 3.84. The highest BCUT2D eigenvalue weighted by Crippen LogP contribution is 2.27. The molecule has 0 atom stereocenters.